The lowest BCUT2D eigenvalue weighted by atomic mass is 9.96. The van der Waals surface area contributed by atoms with Crippen molar-refractivity contribution in [3.63, 3.8) is 0 Å². The van der Waals surface area contributed by atoms with Crippen LogP contribution in [0.3, 0.4) is 0 Å². The fourth-order valence-electron chi connectivity index (χ4n) is 1.40. The zero-order valence-electron chi connectivity index (χ0n) is 11.2. The van der Waals surface area contributed by atoms with E-state index in [1.807, 2.05) is 20.8 Å². The molecule has 0 aromatic carbocycles. The van der Waals surface area contributed by atoms with E-state index < -0.39 is 5.97 Å². The number of hydrogen-bond donors (Lipinski definition) is 2. The van der Waals surface area contributed by atoms with E-state index in [2.05, 4.69) is 5.32 Å². The van der Waals surface area contributed by atoms with E-state index in [4.69, 9.17) is 5.11 Å². The van der Waals surface area contributed by atoms with Crippen LogP contribution in [0.2, 0.25) is 0 Å². The number of hydrogen-bond acceptors (Lipinski definition) is 2. The Hall–Kier alpha value is -1.06. The van der Waals surface area contributed by atoms with Gasteiger partial charge in [-0.15, -0.1) is 0 Å². The number of nitrogens with one attached hydrogen (secondary N) is 1. The molecule has 0 saturated carbocycles. The summed E-state index contributed by atoms with van der Waals surface area (Å²) >= 11 is 0. The normalized spacial score (nSPS) is 11.2. The summed E-state index contributed by atoms with van der Waals surface area (Å²) in [4.78, 5) is 21.8. The van der Waals surface area contributed by atoms with Crippen molar-refractivity contribution in [2.24, 2.45) is 5.41 Å². The maximum atomic E-state index is 11.5. The topological polar surface area (TPSA) is 66.4 Å². The summed E-state index contributed by atoms with van der Waals surface area (Å²) in [6.07, 6.45) is 5.03. The van der Waals surface area contributed by atoms with Crippen LogP contribution in [0.4, 0.5) is 0 Å². The molecule has 4 heteroatoms. The quantitative estimate of drug-likeness (QED) is 0.644. The van der Waals surface area contributed by atoms with E-state index >= 15 is 0 Å². The third kappa shape index (κ3) is 9.85. The molecule has 0 bridgehead atoms. The maximum Gasteiger partial charge on any atom is 0.303 e. The van der Waals surface area contributed by atoms with E-state index in [0.29, 0.717) is 0 Å². The molecule has 0 fully saturated rings. The summed E-state index contributed by atoms with van der Waals surface area (Å²) in [5.74, 6) is -0.634. The van der Waals surface area contributed by atoms with Crippen LogP contribution >= 0.6 is 0 Å². The van der Waals surface area contributed by atoms with Crippen molar-refractivity contribution in [3.05, 3.63) is 0 Å². The van der Waals surface area contributed by atoms with Crippen molar-refractivity contribution in [2.45, 2.75) is 59.3 Å². The van der Waals surface area contributed by atoms with Gasteiger partial charge >= 0.3 is 5.97 Å². The molecule has 17 heavy (non-hydrogen) atoms. The molecule has 0 heterocycles. The summed E-state index contributed by atoms with van der Waals surface area (Å²) in [5, 5.41) is 11.3. The molecule has 2 N–H and O–H groups in total. The minimum absolute atomic E-state index is 0.0865. The number of rotatable bonds is 8. The Bertz CT molecular complexity index is 244. The lowest BCUT2D eigenvalue weighted by Gasteiger charge is -2.17. The van der Waals surface area contributed by atoms with Crippen LogP contribution in [-0.2, 0) is 9.59 Å². The molecule has 0 rings (SSSR count). The molecule has 1 amide bonds. The highest BCUT2D eigenvalue weighted by Crippen LogP contribution is 2.12. The number of carbonyl (C=O) groups excluding carboxylic acids is 1. The molecule has 0 radical (unpaired) electrons. The van der Waals surface area contributed by atoms with Gasteiger partial charge in [0.15, 0.2) is 0 Å². The lowest BCUT2D eigenvalue weighted by Crippen LogP contribution is -2.35. The first-order valence-electron chi connectivity index (χ1n) is 6.34. The van der Waals surface area contributed by atoms with Gasteiger partial charge in [-0.25, -0.2) is 0 Å². The molecule has 0 aliphatic carbocycles. The van der Waals surface area contributed by atoms with Crippen molar-refractivity contribution in [1.82, 2.24) is 5.32 Å². The Morgan fingerprint density at radius 2 is 1.53 bits per heavy atom. The van der Waals surface area contributed by atoms with Crippen LogP contribution in [0.5, 0.6) is 0 Å². The Kier molecular flexibility index (Phi) is 7.59. The van der Waals surface area contributed by atoms with Crippen molar-refractivity contribution in [3.8, 4) is 0 Å². The van der Waals surface area contributed by atoms with E-state index in [0.717, 1.165) is 38.6 Å². The van der Waals surface area contributed by atoms with Gasteiger partial charge in [-0.2, -0.15) is 0 Å². The zero-order valence-corrected chi connectivity index (χ0v) is 11.2. The van der Waals surface area contributed by atoms with Gasteiger partial charge in [-0.05, 0) is 12.8 Å². The van der Waals surface area contributed by atoms with Crippen LogP contribution in [-0.4, -0.2) is 23.5 Å². The number of unbranched alkanes of at least 4 members (excludes halogenated alkanes) is 4. The SMILES string of the molecule is CC(C)(C)C(=O)NCCCCCCCC(=O)O. The van der Waals surface area contributed by atoms with Crippen LogP contribution < -0.4 is 5.32 Å². The standard InChI is InChI=1S/C13H25NO3/c1-13(2,3)12(17)14-10-8-6-4-5-7-9-11(15)16/h4-10H2,1-3H3,(H,14,17)(H,15,16). The zero-order chi connectivity index (χ0) is 13.3. The average Bonchev–Trinajstić information content (AvgIpc) is 2.19. The predicted octanol–water partition coefficient (Wildman–Crippen LogP) is 2.57. The van der Waals surface area contributed by atoms with E-state index in [-0.39, 0.29) is 17.7 Å². The van der Waals surface area contributed by atoms with Crippen LogP contribution in [0.25, 0.3) is 0 Å². The second-order valence-electron chi connectivity index (χ2n) is 5.42. The predicted molar refractivity (Wildman–Crippen MR) is 67.8 cm³/mol. The number of carboxylic acid groups (broad SMARTS) is 1. The number of amides is 1. The van der Waals surface area contributed by atoms with Gasteiger partial charge in [0.2, 0.25) is 5.91 Å². The van der Waals surface area contributed by atoms with Crippen molar-refractivity contribution in [1.29, 1.82) is 0 Å². The van der Waals surface area contributed by atoms with Crippen molar-refractivity contribution < 1.29 is 14.7 Å². The van der Waals surface area contributed by atoms with Gasteiger partial charge in [0.1, 0.15) is 0 Å². The number of carboxylic acids is 1. The fraction of sp³-hybridized carbons (Fsp3) is 0.846. The monoisotopic (exact) mass is 243 g/mol. The van der Waals surface area contributed by atoms with Crippen LogP contribution in [0.1, 0.15) is 59.3 Å². The molecule has 0 spiro atoms. The van der Waals surface area contributed by atoms with E-state index in [1.54, 1.807) is 0 Å². The van der Waals surface area contributed by atoms with Crippen LogP contribution in [0.15, 0.2) is 0 Å². The molecule has 0 aromatic rings. The lowest BCUT2D eigenvalue weighted by molar-refractivity contribution is -0.137. The first-order chi connectivity index (χ1) is 7.84. The molecule has 0 atom stereocenters. The molecule has 0 aliphatic heterocycles. The van der Waals surface area contributed by atoms with Crippen LogP contribution in [0, 0.1) is 5.41 Å². The Balaban J connectivity index is 3.30. The first kappa shape index (κ1) is 15.9. The minimum atomic E-state index is -0.720. The molecule has 0 aliphatic rings. The van der Waals surface area contributed by atoms with E-state index in [9.17, 15) is 9.59 Å². The summed E-state index contributed by atoms with van der Waals surface area (Å²) in [5.41, 5.74) is -0.318. The fourth-order valence-corrected chi connectivity index (χ4v) is 1.40. The number of aliphatic carboxylic acids is 1. The summed E-state index contributed by atoms with van der Waals surface area (Å²) < 4.78 is 0. The van der Waals surface area contributed by atoms with Gasteiger partial charge in [-0.3, -0.25) is 9.59 Å². The number of carbonyl (C=O) groups is 2. The molecular weight excluding hydrogens is 218 g/mol. The molecule has 0 aromatic heterocycles. The van der Waals surface area contributed by atoms with Gasteiger partial charge in [0, 0.05) is 18.4 Å². The van der Waals surface area contributed by atoms with Gasteiger partial charge < -0.3 is 10.4 Å². The first-order valence-corrected chi connectivity index (χ1v) is 6.34. The third-order valence-electron chi connectivity index (χ3n) is 2.53. The maximum absolute atomic E-state index is 11.5. The van der Waals surface area contributed by atoms with Gasteiger partial charge in [0.05, 0.1) is 0 Å². The van der Waals surface area contributed by atoms with Crippen molar-refractivity contribution in [2.75, 3.05) is 6.54 Å². The Morgan fingerprint density at radius 1 is 1.00 bits per heavy atom. The minimum Gasteiger partial charge on any atom is -0.481 e. The molecular formula is C13H25NO3. The molecule has 0 unspecified atom stereocenters. The molecule has 0 saturated heterocycles. The second kappa shape index (κ2) is 8.09. The molecule has 4 nitrogen and oxygen atoms in total. The molecule has 100 valence electrons. The summed E-state index contributed by atoms with van der Waals surface area (Å²) in [6.45, 7) is 6.41. The highest BCUT2D eigenvalue weighted by Gasteiger charge is 2.19. The Labute approximate surface area is 104 Å². The second-order valence-corrected chi connectivity index (χ2v) is 5.42. The highest BCUT2D eigenvalue weighted by molar-refractivity contribution is 5.81. The third-order valence-corrected chi connectivity index (χ3v) is 2.53. The summed E-state index contributed by atoms with van der Waals surface area (Å²) in [6, 6.07) is 0. The van der Waals surface area contributed by atoms with Crippen molar-refractivity contribution >= 4 is 11.9 Å². The Morgan fingerprint density at radius 3 is 2.06 bits per heavy atom. The largest absolute Gasteiger partial charge is 0.481 e. The smallest absolute Gasteiger partial charge is 0.303 e. The van der Waals surface area contributed by atoms with Gasteiger partial charge in [-0.1, -0.05) is 40.0 Å². The summed E-state index contributed by atoms with van der Waals surface area (Å²) in [7, 11) is 0. The highest BCUT2D eigenvalue weighted by atomic mass is 16.4. The van der Waals surface area contributed by atoms with E-state index in [1.165, 1.54) is 0 Å². The average molecular weight is 243 g/mol. The van der Waals surface area contributed by atoms with Gasteiger partial charge in [0.25, 0.3) is 0 Å².